The summed E-state index contributed by atoms with van der Waals surface area (Å²) in [6, 6.07) is 0. The Balaban J connectivity index is 3.77. The van der Waals surface area contributed by atoms with E-state index in [1.165, 1.54) is 25.7 Å². The van der Waals surface area contributed by atoms with Crippen molar-refractivity contribution in [3.63, 3.8) is 0 Å². The highest BCUT2D eigenvalue weighted by Gasteiger charge is 2.09. The third kappa shape index (κ3) is 18.9. The Morgan fingerprint density at radius 3 is 2.19 bits per heavy atom. The van der Waals surface area contributed by atoms with E-state index >= 15 is 0 Å². The molecule has 0 aliphatic carbocycles. The van der Waals surface area contributed by atoms with E-state index in [-0.39, 0.29) is 19.3 Å². The second-order valence-corrected chi connectivity index (χ2v) is 6.44. The van der Waals surface area contributed by atoms with Gasteiger partial charge in [-0.3, -0.25) is 4.79 Å². The molecule has 26 heavy (non-hydrogen) atoms. The molecule has 0 aromatic carbocycles. The molecular formula is C22H38O4. The van der Waals surface area contributed by atoms with E-state index in [1.54, 1.807) is 7.11 Å². The summed E-state index contributed by atoms with van der Waals surface area (Å²) in [6.45, 7) is 2.49. The Morgan fingerprint density at radius 1 is 0.923 bits per heavy atom. The number of carbonyl (C=O) groups is 1. The fraction of sp³-hybridized carbons (Fsp3) is 0.682. The molecular weight excluding hydrogens is 328 g/mol. The molecule has 0 bridgehead atoms. The first-order valence-corrected chi connectivity index (χ1v) is 9.98. The molecule has 0 heterocycles. The lowest BCUT2D eigenvalue weighted by molar-refractivity contribution is -0.137. The van der Waals surface area contributed by atoms with Crippen molar-refractivity contribution in [2.45, 2.75) is 83.7 Å². The zero-order valence-corrected chi connectivity index (χ0v) is 16.7. The van der Waals surface area contributed by atoms with Crippen LogP contribution in [-0.4, -0.2) is 31.1 Å². The van der Waals surface area contributed by atoms with Crippen molar-refractivity contribution in [1.29, 1.82) is 0 Å². The van der Waals surface area contributed by atoms with Gasteiger partial charge in [-0.2, -0.15) is 0 Å². The molecule has 0 aromatic rings. The summed E-state index contributed by atoms with van der Waals surface area (Å²) in [7, 11) is 1.60. The summed E-state index contributed by atoms with van der Waals surface area (Å²) >= 11 is 0. The van der Waals surface area contributed by atoms with Crippen LogP contribution in [-0.2, 0) is 14.3 Å². The minimum atomic E-state index is -0.752. The van der Waals surface area contributed by atoms with Gasteiger partial charge in [-0.25, -0.2) is 0 Å². The van der Waals surface area contributed by atoms with Crippen LogP contribution in [0.25, 0.3) is 0 Å². The molecule has 0 aliphatic heterocycles. The largest absolute Gasteiger partial charge is 0.481 e. The predicted octanol–water partition coefficient (Wildman–Crippen LogP) is 6.04. The number of rotatable bonds is 18. The van der Waals surface area contributed by atoms with Crippen molar-refractivity contribution < 1.29 is 19.4 Å². The van der Waals surface area contributed by atoms with Crippen LogP contribution in [0.4, 0.5) is 0 Å². The van der Waals surface area contributed by atoms with Gasteiger partial charge in [0.25, 0.3) is 0 Å². The zero-order valence-electron chi connectivity index (χ0n) is 16.7. The number of allylic oxidation sites excluding steroid dienone is 6. The SMILES string of the molecule is CCCCC/C=C\C/C=C\C/C=C\CC[C@@H](CCCC(=O)O)OCOC. The second kappa shape index (κ2) is 19.9. The van der Waals surface area contributed by atoms with Gasteiger partial charge in [0, 0.05) is 13.5 Å². The topological polar surface area (TPSA) is 55.8 Å². The van der Waals surface area contributed by atoms with Gasteiger partial charge < -0.3 is 14.6 Å². The standard InChI is InChI=1S/C22H38O4/c1-3-4-5-6-7-8-9-10-11-12-13-14-15-17-21(26-20-25-2)18-16-19-22(23)24/h7-8,10-11,13-14,21H,3-6,9,12,15-20H2,1-2H3,(H,23,24)/b8-7-,11-10-,14-13-/t21-/m0/s1. The van der Waals surface area contributed by atoms with Crippen LogP contribution in [0.2, 0.25) is 0 Å². The third-order valence-corrected chi connectivity index (χ3v) is 4.01. The van der Waals surface area contributed by atoms with E-state index in [9.17, 15) is 4.79 Å². The monoisotopic (exact) mass is 366 g/mol. The van der Waals surface area contributed by atoms with E-state index in [0.717, 1.165) is 32.1 Å². The molecule has 150 valence electrons. The van der Waals surface area contributed by atoms with Crippen LogP contribution in [0.3, 0.4) is 0 Å². The van der Waals surface area contributed by atoms with Crippen LogP contribution in [0.1, 0.15) is 77.6 Å². The quantitative estimate of drug-likeness (QED) is 0.182. The highest BCUT2D eigenvalue weighted by Crippen LogP contribution is 2.12. The second-order valence-electron chi connectivity index (χ2n) is 6.44. The number of carboxylic acids is 1. The zero-order chi connectivity index (χ0) is 19.3. The summed E-state index contributed by atoms with van der Waals surface area (Å²) in [5.41, 5.74) is 0. The van der Waals surface area contributed by atoms with E-state index < -0.39 is 5.97 Å². The van der Waals surface area contributed by atoms with Gasteiger partial charge in [0.2, 0.25) is 0 Å². The molecule has 0 amide bonds. The summed E-state index contributed by atoms with van der Waals surface area (Å²) in [5.74, 6) is -0.752. The lowest BCUT2D eigenvalue weighted by Gasteiger charge is -2.16. The van der Waals surface area contributed by atoms with Crippen molar-refractivity contribution in [1.82, 2.24) is 0 Å². The van der Waals surface area contributed by atoms with Crippen molar-refractivity contribution in [2.75, 3.05) is 13.9 Å². The minimum Gasteiger partial charge on any atom is -0.481 e. The predicted molar refractivity (Wildman–Crippen MR) is 108 cm³/mol. The highest BCUT2D eigenvalue weighted by molar-refractivity contribution is 5.66. The number of aliphatic carboxylic acids is 1. The number of ether oxygens (including phenoxy) is 2. The van der Waals surface area contributed by atoms with Crippen molar-refractivity contribution in [2.24, 2.45) is 0 Å². The van der Waals surface area contributed by atoms with E-state index in [0.29, 0.717) is 6.42 Å². The van der Waals surface area contributed by atoms with Gasteiger partial charge in [-0.1, -0.05) is 56.2 Å². The summed E-state index contributed by atoms with van der Waals surface area (Å²) < 4.78 is 10.6. The minimum absolute atomic E-state index is 0.0623. The Hall–Kier alpha value is -1.39. The maximum atomic E-state index is 10.6. The third-order valence-electron chi connectivity index (χ3n) is 4.01. The summed E-state index contributed by atoms with van der Waals surface area (Å²) in [6.07, 6.45) is 23.8. The van der Waals surface area contributed by atoms with Crippen LogP contribution in [0.5, 0.6) is 0 Å². The van der Waals surface area contributed by atoms with E-state index in [1.807, 2.05) is 0 Å². The van der Waals surface area contributed by atoms with E-state index in [2.05, 4.69) is 43.4 Å². The van der Waals surface area contributed by atoms with Gasteiger partial charge >= 0.3 is 5.97 Å². The molecule has 0 rings (SSSR count). The Kier molecular flexibility index (Phi) is 18.9. The van der Waals surface area contributed by atoms with Crippen LogP contribution < -0.4 is 0 Å². The molecule has 0 fully saturated rings. The lowest BCUT2D eigenvalue weighted by atomic mass is 10.1. The van der Waals surface area contributed by atoms with Gasteiger partial charge in [0.05, 0.1) is 6.10 Å². The first kappa shape index (κ1) is 24.6. The smallest absolute Gasteiger partial charge is 0.303 e. The molecule has 0 aliphatic rings. The van der Waals surface area contributed by atoms with Crippen molar-refractivity contribution in [3.05, 3.63) is 36.5 Å². The number of hydrogen-bond acceptors (Lipinski definition) is 3. The summed E-state index contributed by atoms with van der Waals surface area (Å²) in [5, 5.41) is 8.71. The van der Waals surface area contributed by atoms with Gasteiger partial charge in [0.15, 0.2) is 0 Å². The van der Waals surface area contributed by atoms with E-state index in [4.69, 9.17) is 14.6 Å². The molecule has 1 atom stereocenters. The fourth-order valence-corrected chi connectivity index (χ4v) is 2.53. The number of hydrogen-bond donors (Lipinski definition) is 1. The molecule has 4 nitrogen and oxygen atoms in total. The molecule has 0 radical (unpaired) electrons. The van der Waals surface area contributed by atoms with Crippen molar-refractivity contribution in [3.8, 4) is 0 Å². The van der Waals surface area contributed by atoms with Crippen molar-refractivity contribution >= 4 is 5.97 Å². The molecule has 1 N–H and O–H groups in total. The van der Waals surface area contributed by atoms with Gasteiger partial charge in [-0.05, 0) is 51.4 Å². The maximum Gasteiger partial charge on any atom is 0.303 e. The Bertz CT molecular complexity index is 399. The van der Waals surface area contributed by atoms with Crippen LogP contribution in [0, 0.1) is 0 Å². The first-order valence-electron chi connectivity index (χ1n) is 9.98. The van der Waals surface area contributed by atoms with Gasteiger partial charge in [0.1, 0.15) is 6.79 Å². The highest BCUT2D eigenvalue weighted by atomic mass is 16.7. The average Bonchev–Trinajstić information content (AvgIpc) is 2.62. The average molecular weight is 367 g/mol. The molecule has 0 unspecified atom stereocenters. The molecule has 4 heteroatoms. The number of methoxy groups -OCH3 is 1. The normalized spacial score (nSPS) is 13.3. The Labute approximate surface area is 160 Å². The maximum absolute atomic E-state index is 10.6. The first-order chi connectivity index (χ1) is 12.7. The lowest BCUT2D eigenvalue weighted by Crippen LogP contribution is -2.15. The number of carboxylic acid groups (broad SMARTS) is 1. The fourth-order valence-electron chi connectivity index (χ4n) is 2.53. The Morgan fingerprint density at radius 2 is 1.58 bits per heavy atom. The van der Waals surface area contributed by atoms with Crippen LogP contribution in [0.15, 0.2) is 36.5 Å². The number of unbranched alkanes of at least 4 members (excludes halogenated alkanes) is 3. The molecule has 0 aromatic heterocycles. The summed E-state index contributed by atoms with van der Waals surface area (Å²) in [4.78, 5) is 10.6. The molecule has 0 saturated carbocycles. The van der Waals surface area contributed by atoms with Gasteiger partial charge in [-0.15, -0.1) is 0 Å². The molecule has 0 spiro atoms. The van der Waals surface area contributed by atoms with Crippen LogP contribution >= 0.6 is 0 Å². The molecule has 0 saturated heterocycles.